The monoisotopic (exact) mass is 320 g/mol. The number of amides is 1. The van der Waals surface area contributed by atoms with Crippen LogP contribution in [0.2, 0.25) is 10.0 Å². The lowest BCUT2D eigenvalue weighted by atomic mass is 10.1. The van der Waals surface area contributed by atoms with Crippen molar-refractivity contribution in [3.05, 3.63) is 27.7 Å². The van der Waals surface area contributed by atoms with Gasteiger partial charge in [0.15, 0.2) is 0 Å². The lowest BCUT2D eigenvalue weighted by molar-refractivity contribution is -0.118. The topological polar surface area (TPSA) is 75.3 Å². The van der Waals surface area contributed by atoms with Gasteiger partial charge in [-0.05, 0) is 32.0 Å². The fraction of sp³-hybridized carbons (Fsp3) is 0.500. The van der Waals surface area contributed by atoms with Gasteiger partial charge in [-0.15, -0.1) is 0 Å². The van der Waals surface area contributed by atoms with E-state index in [1.54, 1.807) is 6.07 Å². The number of phenolic OH excluding ortho intramolecular Hbond substituents is 1. The number of aromatic hydroxyl groups is 1. The Morgan fingerprint density at radius 1 is 1.40 bits per heavy atom. The third kappa shape index (κ3) is 5.99. The second-order valence-electron chi connectivity index (χ2n) is 4.04. The number of hydrogen-bond acceptors (Lipinski definition) is 3. The zero-order valence-corrected chi connectivity index (χ0v) is 13.6. The minimum Gasteiger partial charge on any atom is -0.508 e. The largest absolute Gasteiger partial charge is 0.508 e. The van der Waals surface area contributed by atoms with Gasteiger partial charge in [-0.3, -0.25) is 4.79 Å². The third-order valence-electron chi connectivity index (χ3n) is 2.59. The van der Waals surface area contributed by atoms with E-state index in [0.29, 0.717) is 35.0 Å². The summed E-state index contributed by atoms with van der Waals surface area (Å²) in [6.45, 7) is 6.47. The second-order valence-corrected chi connectivity index (χ2v) is 4.83. The van der Waals surface area contributed by atoms with Crippen molar-refractivity contribution < 1.29 is 9.90 Å². The standard InChI is InChI=1S/C12H16Cl2N2O2.C2H6/c1-7(16-6-2-3-10(15)18)11-9(17)5-4-8(13)12(11)14;1-2/h4-5,7,16-17H,2-3,6H2,1H3,(H2,15,18);1-2H3. The molecule has 1 aromatic rings. The van der Waals surface area contributed by atoms with Gasteiger partial charge in [-0.25, -0.2) is 0 Å². The maximum atomic E-state index is 10.6. The van der Waals surface area contributed by atoms with Crippen molar-refractivity contribution in [1.82, 2.24) is 5.32 Å². The zero-order chi connectivity index (χ0) is 15.7. The molecule has 0 aliphatic heterocycles. The number of carbonyl (C=O) groups is 1. The fourth-order valence-electron chi connectivity index (χ4n) is 1.65. The highest BCUT2D eigenvalue weighted by Gasteiger charge is 2.16. The number of hydrogen-bond donors (Lipinski definition) is 3. The molecule has 1 aromatic carbocycles. The molecule has 0 radical (unpaired) electrons. The number of nitrogens with one attached hydrogen (secondary N) is 1. The number of nitrogens with two attached hydrogens (primary N) is 1. The Morgan fingerprint density at radius 3 is 2.55 bits per heavy atom. The molecule has 1 atom stereocenters. The van der Waals surface area contributed by atoms with E-state index in [1.807, 2.05) is 20.8 Å². The summed E-state index contributed by atoms with van der Waals surface area (Å²) in [5.74, 6) is -0.229. The van der Waals surface area contributed by atoms with Crippen LogP contribution in [0.3, 0.4) is 0 Å². The van der Waals surface area contributed by atoms with Crippen LogP contribution in [-0.4, -0.2) is 17.6 Å². The lowest BCUT2D eigenvalue weighted by Gasteiger charge is -2.17. The van der Waals surface area contributed by atoms with E-state index >= 15 is 0 Å². The van der Waals surface area contributed by atoms with Crippen molar-refractivity contribution in [2.24, 2.45) is 5.73 Å². The molecule has 0 saturated carbocycles. The van der Waals surface area contributed by atoms with E-state index in [1.165, 1.54) is 6.07 Å². The zero-order valence-electron chi connectivity index (χ0n) is 12.0. The van der Waals surface area contributed by atoms with E-state index in [9.17, 15) is 9.90 Å². The molecular formula is C14H22Cl2N2O2. The highest BCUT2D eigenvalue weighted by Crippen LogP contribution is 2.36. The van der Waals surface area contributed by atoms with E-state index in [-0.39, 0.29) is 17.7 Å². The van der Waals surface area contributed by atoms with Crippen LogP contribution in [0, 0.1) is 0 Å². The van der Waals surface area contributed by atoms with Gasteiger partial charge in [0.2, 0.25) is 5.91 Å². The molecule has 20 heavy (non-hydrogen) atoms. The van der Waals surface area contributed by atoms with Crippen molar-refractivity contribution in [1.29, 1.82) is 0 Å². The first-order valence-electron chi connectivity index (χ1n) is 6.62. The summed E-state index contributed by atoms with van der Waals surface area (Å²) in [4.78, 5) is 10.6. The molecule has 114 valence electrons. The smallest absolute Gasteiger partial charge is 0.217 e. The number of rotatable bonds is 6. The summed E-state index contributed by atoms with van der Waals surface area (Å²) in [5.41, 5.74) is 5.60. The first-order chi connectivity index (χ1) is 9.43. The fourth-order valence-corrected chi connectivity index (χ4v) is 2.14. The van der Waals surface area contributed by atoms with Gasteiger partial charge in [-0.1, -0.05) is 37.0 Å². The Morgan fingerprint density at radius 2 is 2.00 bits per heavy atom. The molecule has 1 unspecified atom stereocenters. The van der Waals surface area contributed by atoms with Crippen LogP contribution in [0.1, 0.15) is 45.2 Å². The Labute approximate surface area is 130 Å². The van der Waals surface area contributed by atoms with Crippen LogP contribution in [0.4, 0.5) is 0 Å². The molecule has 6 heteroatoms. The van der Waals surface area contributed by atoms with Crippen LogP contribution in [0.15, 0.2) is 12.1 Å². The summed E-state index contributed by atoms with van der Waals surface area (Å²) in [6, 6.07) is 2.89. The maximum absolute atomic E-state index is 10.6. The molecule has 0 bridgehead atoms. The molecule has 4 N–H and O–H groups in total. The average Bonchev–Trinajstić information content (AvgIpc) is 2.41. The van der Waals surface area contributed by atoms with Crippen molar-refractivity contribution in [3.63, 3.8) is 0 Å². The average molecular weight is 321 g/mol. The van der Waals surface area contributed by atoms with Gasteiger partial charge < -0.3 is 16.2 Å². The molecule has 4 nitrogen and oxygen atoms in total. The van der Waals surface area contributed by atoms with Gasteiger partial charge in [0.25, 0.3) is 0 Å². The second kappa shape index (κ2) is 9.86. The minimum absolute atomic E-state index is 0.0966. The van der Waals surface area contributed by atoms with E-state index in [2.05, 4.69) is 5.32 Å². The molecule has 1 rings (SSSR count). The Balaban J connectivity index is 0.00000172. The van der Waals surface area contributed by atoms with Crippen LogP contribution in [0.25, 0.3) is 0 Å². The van der Waals surface area contributed by atoms with Crippen LogP contribution in [-0.2, 0) is 4.79 Å². The summed E-state index contributed by atoms with van der Waals surface area (Å²) < 4.78 is 0. The van der Waals surface area contributed by atoms with Gasteiger partial charge in [0.1, 0.15) is 5.75 Å². The van der Waals surface area contributed by atoms with Crippen LogP contribution >= 0.6 is 23.2 Å². The number of phenols is 1. The molecule has 0 aliphatic rings. The summed E-state index contributed by atoms with van der Waals surface area (Å²) >= 11 is 12.0. The summed E-state index contributed by atoms with van der Waals surface area (Å²) in [7, 11) is 0. The minimum atomic E-state index is -0.326. The van der Waals surface area contributed by atoms with E-state index < -0.39 is 0 Å². The molecule has 0 saturated heterocycles. The maximum Gasteiger partial charge on any atom is 0.217 e. The number of carbonyl (C=O) groups excluding carboxylic acids is 1. The predicted molar refractivity (Wildman–Crippen MR) is 84.3 cm³/mol. The Bertz CT molecular complexity index is 439. The molecular weight excluding hydrogens is 299 g/mol. The van der Waals surface area contributed by atoms with Crippen molar-refractivity contribution in [2.45, 2.75) is 39.7 Å². The summed E-state index contributed by atoms with van der Waals surface area (Å²) in [6.07, 6.45) is 0.966. The first kappa shape index (κ1) is 19.0. The number of primary amides is 1. The molecule has 0 fully saturated rings. The van der Waals surface area contributed by atoms with Gasteiger partial charge in [0, 0.05) is 18.0 Å². The Kier molecular flexibility index (Phi) is 9.38. The van der Waals surface area contributed by atoms with Crippen molar-refractivity contribution in [3.8, 4) is 5.75 Å². The SMILES string of the molecule is CC.CC(NCCCC(N)=O)c1c(O)ccc(Cl)c1Cl. The van der Waals surface area contributed by atoms with Gasteiger partial charge in [-0.2, -0.15) is 0 Å². The highest BCUT2D eigenvalue weighted by atomic mass is 35.5. The molecule has 0 heterocycles. The third-order valence-corrected chi connectivity index (χ3v) is 3.41. The van der Waals surface area contributed by atoms with E-state index in [0.717, 1.165) is 0 Å². The van der Waals surface area contributed by atoms with Gasteiger partial charge >= 0.3 is 0 Å². The van der Waals surface area contributed by atoms with Crippen molar-refractivity contribution >= 4 is 29.1 Å². The normalized spacial score (nSPS) is 11.4. The molecule has 0 aliphatic carbocycles. The highest BCUT2D eigenvalue weighted by molar-refractivity contribution is 6.42. The molecule has 1 amide bonds. The van der Waals surface area contributed by atoms with E-state index in [4.69, 9.17) is 28.9 Å². The summed E-state index contributed by atoms with van der Waals surface area (Å²) in [5, 5.41) is 13.7. The predicted octanol–water partition coefficient (Wildman–Crippen LogP) is 3.64. The molecule has 0 aromatic heterocycles. The number of benzene rings is 1. The number of halogens is 2. The molecule has 0 spiro atoms. The Hall–Kier alpha value is -0.970. The lowest BCUT2D eigenvalue weighted by Crippen LogP contribution is -2.22. The van der Waals surface area contributed by atoms with Gasteiger partial charge in [0.05, 0.1) is 10.0 Å². The van der Waals surface area contributed by atoms with Crippen LogP contribution < -0.4 is 11.1 Å². The van der Waals surface area contributed by atoms with Crippen LogP contribution in [0.5, 0.6) is 5.75 Å². The quantitative estimate of drug-likeness (QED) is 0.700. The first-order valence-corrected chi connectivity index (χ1v) is 7.37. The van der Waals surface area contributed by atoms with Crippen molar-refractivity contribution in [2.75, 3.05) is 6.54 Å².